The Morgan fingerprint density at radius 1 is 1.30 bits per heavy atom. The van der Waals surface area contributed by atoms with Gasteiger partial charge in [0.15, 0.2) is 0 Å². The van der Waals surface area contributed by atoms with Crippen molar-refractivity contribution in [3.8, 4) is 0 Å². The van der Waals surface area contributed by atoms with Gasteiger partial charge in [-0.05, 0) is 30.6 Å². The van der Waals surface area contributed by atoms with E-state index in [9.17, 15) is 18.0 Å². The van der Waals surface area contributed by atoms with Crippen LogP contribution in [0, 0.1) is 0 Å². The van der Waals surface area contributed by atoms with E-state index >= 15 is 0 Å². The summed E-state index contributed by atoms with van der Waals surface area (Å²) in [7, 11) is -3.24. The van der Waals surface area contributed by atoms with E-state index in [0.29, 0.717) is 10.2 Å². The molecule has 23 heavy (non-hydrogen) atoms. The van der Waals surface area contributed by atoms with Crippen molar-refractivity contribution < 1.29 is 13.2 Å². The largest absolute Gasteiger partial charge is 0.340 e. The maximum atomic E-state index is 12.5. The number of rotatable bonds is 2. The van der Waals surface area contributed by atoms with Crippen molar-refractivity contribution in [3.63, 3.8) is 0 Å². The van der Waals surface area contributed by atoms with Crippen LogP contribution in [0.25, 0.3) is 10.2 Å². The number of carbonyl (C=O) groups is 1. The molecule has 3 rings (SSSR count). The van der Waals surface area contributed by atoms with Crippen molar-refractivity contribution in [1.29, 1.82) is 0 Å². The van der Waals surface area contributed by atoms with Crippen molar-refractivity contribution in [3.05, 3.63) is 28.7 Å². The molecule has 1 saturated heterocycles. The van der Waals surface area contributed by atoms with E-state index < -0.39 is 16.1 Å². The highest BCUT2D eigenvalue weighted by molar-refractivity contribution is 7.89. The highest BCUT2D eigenvalue weighted by atomic mass is 32.2. The standard InChI is InChI=1S/C13H16N4O4S2/c1-2-23(20,21)16-8-6-15(7-9-16)13(19)17-12(18)10-4-3-5-14-11(10)22-17/h3-5H,2,6-9H2,1H3. The summed E-state index contributed by atoms with van der Waals surface area (Å²) < 4.78 is 26.1. The molecule has 0 radical (unpaired) electrons. The number of pyridine rings is 1. The average molecular weight is 356 g/mol. The Balaban J connectivity index is 1.79. The number of fused-ring (bicyclic) bond motifs is 1. The molecule has 3 heterocycles. The fourth-order valence-corrected chi connectivity index (χ4v) is 4.45. The quantitative estimate of drug-likeness (QED) is 0.776. The predicted octanol–water partition coefficient (Wildman–Crippen LogP) is 0.393. The number of carbonyl (C=O) groups excluding carboxylic acids is 1. The van der Waals surface area contributed by atoms with Crippen molar-refractivity contribution in [2.45, 2.75) is 6.92 Å². The van der Waals surface area contributed by atoms with Gasteiger partial charge in [-0.2, -0.15) is 8.26 Å². The van der Waals surface area contributed by atoms with Gasteiger partial charge in [-0.3, -0.25) is 4.79 Å². The van der Waals surface area contributed by atoms with Crippen molar-refractivity contribution in [2.24, 2.45) is 0 Å². The molecule has 2 aromatic rings. The maximum absolute atomic E-state index is 12.5. The molecule has 10 heteroatoms. The Morgan fingerprint density at radius 3 is 2.61 bits per heavy atom. The second-order valence-corrected chi connectivity index (χ2v) is 8.31. The Labute approximate surface area is 137 Å². The van der Waals surface area contributed by atoms with Crippen LogP contribution in [0.5, 0.6) is 0 Å². The topological polar surface area (TPSA) is 92.6 Å². The second kappa shape index (κ2) is 6.02. The summed E-state index contributed by atoms with van der Waals surface area (Å²) in [5, 5.41) is 0.415. The molecule has 0 aromatic carbocycles. The summed E-state index contributed by atoms with van der Waals surface area (Å²) in [6.07, 6.45) is 1.57. The molecule has 0 aliphatic carbocycles. The second-order valence-electron chi connectivity index (χ2n) is 5.12. The average Bonchev–Trinajstić information content (AvgIpc) is 2.91. The molecule has 1 aliphatic rings. The molecule has 124 valence electrons. The minimum absolute atomic E-state index is 0.0440. The van der Waals surface area contributed by atoms with Crippen LogP contribution in [0.2, 0.25) is 0 Å². The lowest BCUT2D eigenvalue weighted by molar-refractivity contribution is 0.175. The summed E-state index contributed by atoms with van der Waals surface area (Å²) >= 11 is 1.01. The van der Waals surface area contributed by atoms with Gasteiger partial charge < -0.3 is 4.90 Å². The normalized spacial score (nSPS) is 16.8. The van der Waals surface area contributed by atoms with Crippen LogP contribution in [-0.4, -0.2) is 64.5 Å². The summed E-state index contributed by atoms with van der Waals surface area (Å²) in [4.78, 5) is 30.9. The van der Waals surface area contributed by atoms with E-state index in [-0.39, 0.29) is 37.5 Å². The third kappa shape index (κ3) is 2.89. The van der Waals surface area contributed by atoms with Gasteiger partial charge in [-0.1, -0.05) is 0 Å². The first kappa shape index (κ1) is 16.1. The molecule has 0 atom stereocenters. The number of amides is 1. The Morgan fingerprint density at radius 2 is 2.00 bits per heavy atom. The number of aromatic nitrogens is 2. The van der Waals surface area contributed by atoms with Crippen LogP contribution in [0.3, 0.4) is 0 Å². The Bertz CT molecular complexity index is 894. The zero-order valence-corrected chi connectivity index (χ0v) is 14.1. The lowest BCUT2D eigenvalue weighted by atomic mass is 10.4. The molecule has 1 fully saturated rings. The van der Waals surface area contributed by atoms with Crippen LogP contribution < -0.4 is 5.56 Å². The number of nitrogens with zero attached hydrogens (tertiary/aromatic N) is 4. The van der Waals surface area contributed by atoms with Gasteiger partial charge in [-0.25, -0.2) is 18.2 Å². The van der Waals surface area contributed by atoms with Gasteiger partial charge in [0.2, 0.25) is 10.0 Å². The number of hydrogen-bond donors (Lipinski definition) is 0. The van der Waals surface area contributed by atoms with Crippen molar-refractivity contribution >= 4 is 37.8 Å². The summed E-state index contributed by atoms with van der Waals surface area (Å²) in [5.41, 5.74) is -0.383. The predicted molar refractivity (Wildman–Crippen MR) is 87.3 cm³/mol. The highest BCUT2D eigenvalue weighted by Crippen LogP contribution is 2.15. The highest BCUT2D eigenvalue weighted by Gasteiger charge is 2.29. The van der Waals surface area contributed by atoms with E-state index in [0.717, 1.165) is 15.5 Å². The Kier molecular flexibility index (Phi) is 4.21. The first-order chi connectivity index (χ1) is 10.9. The van der Waals surface area contributed by atoms with Gasteiger partial charge in [-0.15, -0.1) is 0 Å². The molecule has 0 N–H and O–H groups in total. The first-order valence-electron chi connectivity index (χ1n) is 7.18. The molecule has 0 bridgehead atoms. The lowest BCUT2D eigenvalue weighted by Gasteiger charge is -2.33. The van der Waals surface area contributed by atoms with Gasteiger partial charge in [0, 0.05) is 32.4 Å². The zero-order valence-electron chi connectivity index (χ0n) is 12.5. The fourth-order valence-electron chi connectivity index (χ4n) is 2.46. The number of hydrogen-bond acceptors (Lipinski definition) is 6. The molecular formula is C13H16N4O4S2. The van der Waals surface area contributed by atoms with Crippen molar-refractivity contribution in [2.75, 3.05) is 31.9 Å². The molecule has 2 aromatic heterocycles. The van der Waals surface area contributed by atoms with Crippen molar-refractivity contribution in [1.82, 2.24) is 18.1 Å². The van der Waals surface area contributed by atoms with Gasteiger partial charge in [0.25, 0.3) is 5.56 Å². The van der Waals surface area contributed by atoms with Crippen LogP contribution >= 0.6 is 11.5 Å². The summed E-state index contributed by atoms with van der Waals surface area (Å²) in [6.45, 7) is 2.63. The van der Waals surface area contributed by atoms with E-state index in [4.69, 9.17) is 0 Å². The third-order valence-corrected chi connectivity index (χ3v) is 6.69. The molecular weight excluding hydrogens is 340 g/mol. The van der Waals surface area contributed by atoms with Gasteiger partial charge in [0.05, 0.1) is 11.1 Å². The monoisotopic (exact) mass is 356 g/mol. The molecule has 8 nitrogen and oxygen atoms in total. The zero-order chi connectivity index (χ0) is 16.6. The maximum Gasteiger partial charge on any atom is 0.340 e. The minimum atomic E-state index is -3.24. The third-order valence-electron chi connectivity index (χ3n) is 3.80. The van der Waals surface area contributed by atoms with Crippen LogP contribution in [0.15, 0.2) is 23.1 Å². The van der Waals surface area contributed by atoms with Gasteiger partial charge in [0.1, 0.15) is 4.83 Å². The molecule has 1 aliphatic heterocycles. The van der Waals surface area contributed by atoms with Crippen LogP contribution in [0.4, 0.5) is 4.79 Å². The fraction of sp³-hybridized carbons (Fsp3) is 0.462. The number of sulfonamides is 1. The minimum Gasteiger partial charge on any atom is -0.321 e. The van der Waals surface area contributed by atoms with E-state index in [1.165, 1.54) is 9.21 Å². The van der Waals surface area contributed by atoms with Gasteiger partial charge >= 0.3 is 6.03 Å². The van der Waals surface area contributed by atoms with E-state index in [2.05, 4.69) is 4.98 Å². The molecule has 0 unspecified atom stereocenters. The van der Waals surface area contributed by atoms with E-state index in [1.54, 1.807) is 25.3 Å². The van der Waals surface area contributed by atoms with Crippen LogP contribution in [0.1, 0.15) is 6.92 Å². The SMILES string of the molecule is CCS(=O)(=O)N1CCN(C(=O)n2sc3ncccc3c2=O)CC1. The number of piperazine rings is 1. The molecule has 0 spiro atoms. The summed E-state index contributed by atoms with van der Waals surface area (Å²) in [5.74, 6) is 0.0440. The van der Waals surface area contributed by atoms with Crippen LogP contribution in [-0.2, 0) is 10.0 Å². The smallest absolute Gasteiger partial charge is 0.321 e. The van der Waals surface area contributed by atoms with E-state index in [1.807, 2.05) is 0 Å². The summed E-state index contributed by atoms with van der Waals surface area (Å²) in [6, 6.07) is 2.86. The lowest BCUT2D eigenvalue weighted by Crippen LogP contribution is -2.52. The molecule has 1 amide bonds. The molecule has 0 saturated carbocycles. The first-order valence-corrected chi connectivity index (χ1v) is 9.56. The Hall–Kier alpha value is -1.78.